The van der Waals surface area contributed by atoms with Crippen molar-refractivity contribution in [3.8, 4) is 0 Å². The highest BCUT2D eigenvalue weighted by atomic mass is 16.5. The Hall–Kier alpha value is -1.83. The lowest BCUT2D eigenvalue weighted by atomic mass is 10.3. The van der Waals surface area contributed by atoms with Crippen molar-refractivity contribution in [3.05, 3.63) is 0 Å². The predicted octanol–water partition coefficient (Wildman–Crippen LogP) is -0.663. The smallest absolute Gasteiger partial charge is 0.334 e. The number of esters is 1. The van der Waals surface area contributed by atoms with E-state index >= 15 is 0 Å². The molecule has 0 aliphatic rings. The van der Waals surface area contributed by atoms with Crippen LogP contribution in [0, 0.1) is 0 Å². The van der Waals surface area contributed by atoms with Gasteiger partial charge in [-0.1, -0.05) is 0 Å². The molecule has 0 heterocycles. The van der Waals surface area contributed by atoms with Gasteiger partial charge in [-0.05, 0) is 13.8 Å². The molecule has 0 bridgehead atoms. The highest BCUT2D eigenvalue weighted by molar-refractivity contribution is 5.83. The molecule has 2 atom stereocenters. The number of hydrogen-bond acceptors (Lipinski definition) is 5. The molecule has 0 aromatic heterocycles. The topological polar surface area (TPSA) is 114 Å². The van der Waals surface area contributed by atoms with Gasteiger partial charge < -0.3 is 25.2 Å². The Bertz CT molecular complexity index is 307. The van der Waals surface area contributed by atoms with Crippen LogP contribution in [0.4, 0.5) is 4.79 Å². The molecule has 0 aromatic carbocycles. The van der Waals surface area contributed by atoms with Gasteiger partial charge in [-0.3, -0.25) is 0 Å². The molecule has 0 saturated heterocycles. The second-order valence-corrected chi connectivity index (χ2v) is 3.39. The van der Waals surface area contributed by atoms with E-state index in [1.165, 1.54) is 14.0 Å². The van der Waals surface area contributed by atoms with Crippen molar-refractivity contribution in [3.63, 3.8) is 0 Å². The normalized spacial score (nSPS) is 13.3. The summed E-state index contributed by atoms with van der Waals surface area (Å²) in [7, 11) is 1.22. The molecule has 3 N–H and O–H groups in total. The van der Waals surface area contributed by atoms with E-state index < -0.39 is 30.1 Å². The molecule has 8 nitrogen and oxygen atoms in total. The van der Waals surface area contributed by atoms with Gasteiger partial charge in [0.2, 0.25) is 0 Å². The maximum absolute atomic E-state index is 11.3. The van der Waals surface area contributed by atoms with Crippen molar-refractivity contribution >= 4 is 18.0 Å². The summed E-state index contributed by atoms with van der Waals surface area (Å²) in [5.74, 6) is -1.74. The fraction of sp³-hybridized carbons (Fsp3) is 0.700. The molecule has 0 spiro atoms. The van der Waals surface area contributed by atoms with E-state index in [1.54, 1.807) is 6.92 Å². The van der Waals surface area contributed by atoms with Crippen LogP contribution in [-0.4, -0.2) is 55.5 Å². The van der Waals surface area contributed by atoms with Gasteiger partial charge in [-0.2, -0.15) is 0 Å². The average molecular weight is 262 g/mol. The zero-order valence-electron chi connectivity index (χ0n) is 10.6. The Morgan fingerprint density at radius 3 is 2.39 bits per heavy atom. The Kier molecular flexibility index (Phi) is 7.45. The number of rotatable bonds is 7. The number of hydrogen-bond donors (Lipinski definition) is 3. The van der Waals surface area contributed by atoms with Crippen LogP contribution < -0.4 is 10.6 Å². The minimum atomic E-state index is -1.18. The van der Waals surface area contributed by atoms with Crippen LogP contribution in [-0.2, 0) is 19.1 Å². The van der Waals surface area contributed by atoms with E-state index in [4.69, 9.17) is 5.11 Å². The van der Waals surface area contributed by atoms with E-state index in [9.17, 15) is 14.4 Å². The molecular formula is C10H18N2O6. The first-order valence-electron chi connectivity index (χ1n) is 5.39. The summed E-state index contributed by atoms with van der Waals surface area (Å²) < 4.78 is 9.31. The largest absolute Gasteiger partial charge is 0.479 e. The van der Waals surface area contributed by atoms with Crippen LogP contribution in [0.5, 0.6) is 0 Å². The van der Waals surface area contributed by atoms with Gasteiger partial charge in [-0.15, -0.1) is 0 Å². The van der Waals surface area contributed by atoms with Crippen LogP contribution in [0.3, 0.4) is 0 Å². The van der Waals surface area contributed by atoms with Gasteiger partial charge in [0.25, 0.3) is 0 Å². The van der Waals surface area contributed by atoms with Gasteiger partial charge >= 0.3 is 18.0 Å². The lowest BCUT2D eigenvalue weighted by Crippen LogP contribution is -2.48. The second-order valence-electron chi connectivity index (χ2n) is 3.39. The maximum Gasteiger partial charge on any atom is 0.334 e. The van der Waals surface area contributed by atoms with Crippen molar-refractivity contribution in [2.45, 2.75) is 26.0 Å². The molecule has 0 aromatic rings. The summed E-state index contributed by atoms with van der Waals surface area (Å²) in [5.41, 5.74) is 0. The fourth-order valence-electron chi connectivity index (χ4n) is 1.03. The molecule has 0 rings (SSSR count). The Labute approximate surface area is 105 Å². The third kappa shape index (κ3) is 6.04. The van der Waals surface area contributed by atoms with Crippen LogP contribution in [0.15, 0.2) is 0 Å². The standard InChI is InChI=1S/C10H18N2O6/c1-4-18-9(15)6(2)12-10(16)11-5-7(17-3)8(13)14/h6-7H,4-5H2,1-3H3,(H,13,14)(H2,11,12,16). The van der Waals surface area contributed by atoms with E-state index in [1.807, 2.05) is 0 Å². The second kappa shape index (κ2) is 8.29. The number of carboxylic acid groups (broad SMARTS) is 1. The number of urea groups is 1. The van der Waals surface area contributed by atoms with Crippen LogP contribution in [0.1, 0.15) is 13.8 Å². The zero-order valence-corrected chi connectivity index (χ0v) is 10.6. The maximum atomic E-state index is 11.3. The van der Waals surface area contributed by atoms with Crippen LogP contribution in [0.25, 0.3) is 0 Å². The molecule has 0 aliphatic heterocycles. The highest BCUT2D eigenvalue weighted by Crippen LogP contribution is 1.90. The molecule has 0 radical (unpaired) electrons. The molecule has 8 heteroatoms. The molecule has 2 unspecified atom stereocenters. The number of carbonyl (C=O) groups excluding carboxylic acids is 2. The Morgan fingerprint density at radius 2 is 1.94 bits per heavy atom. The molecule has 0 fully saturated rings. The number of amides is 2. The number of carboxylic acids is 1. The summed E-state index contributed by atoms with van der Waals surface area (Å²) in [4.78, 5) is 33.1. The van der Waals surface area contributed by atoms with Gasteiger partial charge in [0.1, 0.15) is 6.04 Å². The molecule has 2 amide bonds. The quantitative estimate of drug-likeness (QED) is 0.525. The highest BCUT2D eigenvalue weighted by Gasteiger charge is 2.19. The third-order valence-electron chi connectivity index (χ3n) is 2.00. The predicted molar refractivity (Wildman–Crippen MR) is 61.1 cm³/mol. The fourth-order valence-corrected chi connectivity index (χ4v) is 1.03. The minimum Gasteiger partial charge on any atom is -0.479 e. The van der Waals surface area contributed by atoms with Crippen molar-refractivity contribution in [2.75, 3.05) is 20.3 Å². The van der Waals surface area contributed by atoms with E-state index in [0.29, 0.717) is 0 Å². The first-order chi connectivity index (χ1) is 8.42. The molecule has 18 heavy (non-hydrogen) atoms. The monoisotopic (exact) mass is 262 g/mol. The van der Waals surface area contributed by atoms with Gasteiger partial charge in [0, 0.05) is 7.11 Å². The van der Waals surface area contributed by atoms with E-state index in [-0.39, 0.29) is 13.2 Å². The van der Waals surface area contributed by atoms with E-state index in [0.717, 1.165) is 0 Å². The molecule has 0 saturated carbocycles. The van der Waals surface area contributed by atoms with Crippen molar-refractivity contribution in [1.29, 1.82) is 0 Å². The van der Waals surface area contributed by atoms with E-state index in [2.05, 4.69) is 20.1 Å². The Morgan fingerprint density at radius 1 is 1.33 bits per heavy atom. The van der Waals surface area contributed by atoms with Crippen molar-refractivity contribution in [2.24, 2.45) is 0 Å². The summed E-state index contributed by atoms with van der Waals surface area (Å²) in [5, 5.41) is 13.2. The number of ether oxygens (including phenoxy) is 2. The lowest BCUT2D eigenvalue weighted by molar-refractivity contribution is -0.148. The van der Waals surface area contributed by atoms with Gasteiger partial charge in [-0.25, -0.2) is 14.4 Å². The minimum absolute atomic E-state index is 0.201. The van der Waals surface area contributed by atoms with Crippen LogP contribution >= 0.6 is 0 Å². The van der Waals surface area contributed by atoms with Crippen molar-refractivity contribution < 1.29 is 29.0 Å². The van der Waals surface area contributed by atoms with Crippen molar-refractivity contribution in [1.82, 2.24) is 10.6 Å². The van der Waals surface area contributed by atoms with Gasteiger partial charge in [0.05, 0.1) is 13.2 Å². The lowest BCUT2D eigenvalue weighted by Gasteiger charge is -2.15. The number of methoxy groups -OCH3 is 1. The number of aliphatic carboxylic acids is 1. The Balaban J connectivity index is 4.04. The summed E-state index contributed by atoms with van der Waals surface area (Å²) in [6.07, 6.45) is -1.13. The summed E-state index contributed by atoms with van der Waals surface area (Å²) in [6, 6.07) is -1.48. The third-order valence-corrected chi connectivity index (χ3v) is 2.00. The number of carbonyl (C=O) groups is 3. The summed E-state index contributed by atoms with van der Waals surface area (Å²) >= 11 is 0. The van der Waals surface area contributed by atoms with Crippen LogP contribution in [0.2, 0.25) is 0 Å². The first kappa shape index (κ1) is 16.2. The average Bonchev–Trinajstić information content (AvgIpc) is 2.29. The molecular weight excluding hydrogens is 244 g/mol. The molecule has 104 valence electrons. The summed E-state index contributed by atoms with van der Waals surface area (Å²) in [6.45, 7) is 3.13. The molecule has 0 aliphatic carbocycles. The first-order valence-corrected chi connectivity index (χ1v) is 5.39. The van der Waals surface area contributed by atoms with Gasteiger partial charge in [0.15, 0.2) is 6.10 Å². The SMILES string of the molecule is CCOC(=O)C(C)NC(=O)NCC(OC)C(=O)O. The number of nitrogens with one attached hydrogen (secondary N) is 2. The zero-order chi connectivity index (χ0) is 14.1.